The second-order valence-electron chi connectivity index (χ2n) is 4.69. The molecule has 0 saturated heterocycles. The molecule has 1 aromatic heterocycles. The van der Waals surface area contributed by atoms with Crippen molar-refractivity contribution >= 4 is 28.4 Å². The first-order valence-electron chi connectivity index (χ1n) is 6.09. The van der Waals surface area contributed by atoms with Gasteiger partial charge in [-0.25, -0.2) is 0 Å². The number of hydrogen-bond acceptors (Lipinski definition) is 3. The summed E-state index contributed by atoms with van der Waals surface area (Å²) < 4.78 is 0. The van der Waals surface area contributed by atoms with E-state index in [9.17, 15) is 4.79 Å². The van der Waals surface area contributed by atoms with E-state index in [1.807, 2.05) is 26.0 Å². The van der Waals surface area contributed by atoms with Gasteiger partial charge in [-0.15, -0.1) is 0 Å². The number of aromatic nitrogens is 1. The molecule has 1 unspecified atom stereocenters. The molecule has 1 aromatic carbocycles. The highest BCUT2D eigenvalue weighted by atomic mass is 35.5. The van der Waals surface area contributed by atoms with Crippen LogP contribution in [0.2, 0.25) is 5.02 Å². The Morgan fingerprint density at radius 2 is 2.11 bits per heavy atom. The summed E-state index contributed by atoms with van der Waals surface area (Å²) in [7, 11) is 0. The zero-order chi connectivity index (χ0) is 14.0. The number of hydrogen-bond donors (Lipinski definition) is 2. The van der Waals surface area contributed by atoms with Crippen LogP contribution in [0.5, 0.6) is 0 Å². The highest BCUT2D eigenvalue weighted by molar-refractivity contribution is 6.35. The standard InChI is InChI=1S/C14H16ClN3O/c1-8(2)18-13(14(16)19)10-5-6-11(15)9-4-3-7-17-12(9)10/h3-8,13,18H,1-2H3,(H2,16,19). The Hall–Kier alpha value is -1.65. The molecule has 1 amide bonds. The van der Waals surface area contributed by atoms with Crippen LogP contribution in [0.4, 0.5) is 0 Å². The zero-order valence-corrected chi connectivity index (χ0v) is 11.6. The van der Waals surface area contributed by atoms with E-state index in [0.29, 0.717) is 10.5 Å². The second-order valence-corrected chi connectivity index (χ2v) is 5.10. The molecule has 0 radical (unpaired) electrons. The molecular formula is C14H16ClN3O. The fraction of sp³-hybridized carbons (Fsp3) is 0.286. The zero-order valence-electron chi connectivity index (χ0n) is 10.9. The summed E-state index contributed by atoms with van der Waals surface area (Å²) >= 11 is 6.14. The normalized spacial score (nSPS) is 12.8. The van der Waals surface area contributed by atoms with Crippen LogP contribution in [0.3, 0.4) is 0 Å². The van der Waals surface area contributed by atoms with Crippen LogP contribution in [-0.4, -0.2) is 16.9 Å². The number of nitrogens with zero attached hydrogens (tertiary/aromatic N) is 1. The fourth-order valence-corrected chi connectivity index (χ4v) is 2.27. The first-order chi connectivity index (χ1) is 9.00. The van der Waals surface area contributed by atoms with E-state index in [1.165, 1.54) is 0 Å². The molecule has 0 saturated carbocycles. The Morgan fingerprint density at radius 3 is 2.74 bits per heavy atom. The van der Waals surface area contributed by atoms with Gasteiger partial charge in [0.05, 0.1) is 5.52 Å². The van der Waals surface area contributed by atoms with E-state index < -0.39 is 11.9 Å². The van der Waals surface area contributed by atoms with Gasteiger partial charge in [0.2, 0.25) is 5.91 Å². The van der Waals surface area contributed by atoms with Crippen molar-refractivity contribution in [1.82, 2.24) is 10.3 Å². The molecule has 19 heavy (non-hydrogen) atoms. The third-order valence-electron chi connectivity index (χ3n) is 2.84. The van der Waals surface area contributed by atoms with Gasteiger partial charge in [-0.3, -0.25) is 15.1 Å². The maximum absolute atomic E-state index is 11.7. The first kappa shape index (κ1) is 13.8. The lowest BCUT2D eigenvalue weighted by Gasteiger charge is -2.20. The lowest BCUT2D eigenvalue weighted by molar-refractivity contribution is -0.120. The number of carbonyl (C=O) groups excluding carboxylic acids is 1. The summed E-state index contributed by atoms with van der Waals surface area (Å²) in [4.78, 5) is 16.0. The molecule has 0 bridgehead atoms. The monoisotopic (exact) mass is 277 g/mol. The lowest BCUT2D eigenvalue weighted by Crippen LogP contribution is -2.37. The highest BCUT2D eigenvalue weighted by Gasteiger charge is 2.21. The Labute approximate surface area is 117 Å². The molecular weight excluding hydrogens is 262 g/mol. The van der Waals surface area contributed by atoms with Gasteiger partial charge in [0.1, 0.15) is 6.04 Å². The Balaban J connectivity index is 2.60. The van der Waals surface area contributed by atoms with Crippen LogP contribution >= 0.6 is 11.6 Å². The van der Waals surface area contributed by atoms with Gasteiger partial charge in [-0.2, -0.15) is 0 Å². The van der Waals surface area contributed by atoms with E-state index >= 15 is 0 Å². The molecule has 1 heterocycles. The molecule has 2 aromatic rings. The number of fused-ring (bicyclic) bond motifs is 1. The Morgan fingerprint density at radius 1 is 1.37 bits per heavy atom. The third kappa shape index (κ3) is 2.85. The summed E-state index contributed by atoms with van der Waals surface area (Å²) in [5.41, 5.74) is 6.94. The fourth-order valence-electron chi connectivity index (χ4n) is 2.05. The van der Waals surface area contributed by atoms with E-state index in [4.69, 9.17) is 17.3 Å². The van der Waals surface area contributed by atoms with E-state index in [0.717, 1.165) is 10.9 Å². The molecule has 0 aliphatic heterocycles. The van der Waals surface area contributed by atoms with Gasteiger partial charge in [-0.05, 0) is 32.0 Å². The quantitative estimate of drug-likeness (QED) is 0.902. The molecule has 100 valence electrons. The minimum absolute atomic E-state index is 0.131. The van der Waals surface area contributed by atoms with Gasteiger partial charge in [0.25, 0.3) is 0 Å². The van der Waals surface area contributed by atoms with Crippen molar-refractivity contribution in [2.24, 2.45) is 5.73 Å². The summed E-state index contributed by atoms with van der Waals surface area (Å²) in [6, 6.07) is 6.80. The number of benzene rings is 1. The molecule has 4 nitrogen and oxygen atoms in total. The van der Waals surface area contributed by atoms with Crippen LogP contribution < -0.4 is 11.1 Å². The van der Waals surface area contributed by atoms with Crippen LogP contribution in [0.25, 0.3) is 10.9 Å². The molecule has 2 rings (SSSR count). The molecule has 3 N–H and O–H groups in total. The summed E-state index contributed by atoms with van der Waals surface area (Å²) in [6.45, 7) is 3.92. The SMILES string of the molecule is CC(C)NC(C(N)=O)c1ccc(Cl)c2cccnc12. The smallest absolute Gasteiger partial charge is 0.239 e. The topological polar surface area (TPSA) is 68.0 Å². The lowest BCUT2D eigenvalue weighted by atomic mass is 10.0. The van der Waals surface area contributed by atoms with E-state index in [2.05, 4.69) is 10.3 Å². The van der Waals surface area contributed by atoms with Crippen molar-refractivity contribution in [3.8, 4) is 0 Å². The summed E-state index contributed by atoms with van der Waals surface area (Å²) in [5.74, 6) is -0.428. The minimum atomic E-state index is -0.574. The van der Waals surface area contributed by atoms with Gasteiger partial charge in [0, 0.05) is 28.2 Å². The highest BCUT2D eigenvalue weighted by Crippen LogP contribution is 2.28. The van der Waals surface area contributed by atoms with E-state index in [1.54, 1.807) is 18.3 Å². The maximum Gasteiger partial charge on any atom is 0.239 e. The van der Waals surface area contributed by atoms with E-state index in [-0.39, 0.29) is 6.04 Å². The number of nitrogens with one attached hydrogen (secondary N) is 1. The predicted molar refractivity (Wildman–Crippen MR) is 77.0 cm³/mol. The molecule has 0 aliphatic rings. The van der Waals surface area contributed by atoms with Crippen LogP contribution in [0.1, 0.15) is 25.5 Å². The van der Waals surface area contributed by atoms with Crippen molar-refractivity contribution in [2.45, 2.75) is 25.9 Å². The number of carbonyl (C=O) groups is 1. The maximum atomic E-state index is 11.7. The number of halogens is 1. The van der Waals surface area contributed by atoms with Crippen molar-refractivity contribution in [1.29, 1.82) is 0 Å². The summed E-state index contributed by atoms with van der Waals surface area (Å²) in [6.07, 6.45) is 1.68. The molecule has 1 atom stereocenters. The van der Waals surface area contributed by atoms with Crippen molar-refractivity contribution < 1.29 is 4.79 Å². The van der Waals surface area contributed by atoms with Crippen LogP contribution in [-0.2, 0) is 4.79 Å². The third-order valence-corrected chi connectivity index (χ3v) is 3.17. The number of rotatable bonds is 4. The van der Waals surface area contributed by atoms with Crippen LogP contribution in [0, 0.1) is 0 Å². The first-order valence-corrected chi connectivity index (χ1v) is 6.47. The predicted octanol–water partition coefficient (Wildman–Crippen LogP) is 2.41. The van der Waals surface area contributed by atoms with Crippen molar-refractivity contribution in [2.75, 3.05) is 0 Å². The van der Waals surface area contributed by atoms with Gasteiger partial charge < -0.3 is 5.73 Å². The van der Waals surface area contributed by atoms with Gasteiger partial charge in [0.15, 0.2) is 0 Å². The van der Waals surface area contributed by atoms with Gasteiger partial charge >= 0.3 is 0 Å². The Bertz CT molecular complexity index is 613. The number of primary amides is 1. The average Bonchev–Trinajstić information content (AvgIpc) is 2.37. The largest absolute Gasteiger partial charge is 0.368 e. The average molecular weight is 278 g/mol. The molecule has 0 aliphatic carbocycles. The second kappa shape index (κ2) is 5.55. The summed E-state index contributed by atoms with van der Waals surface area (Å²) in [5, 5.41) is 4.58. The van der Waals surface area contributed by atoms with Crippen molar-refractivity contribution in [3.63, 3.8) is 0 Å². The minimum Gasteiger partial charge on any atom is -0.368 e. The number of amides is 1. The molecule has 5 heteroatoms. The molecule has 0 spiro atoms. The number of pyridine rings is 1. The Kier molecular flexibility index (Phi) is 4.02. The van der Waals surface area contributed by atoms with Crippen LogP contribution in [0.15, 0.2) is 30.5 Å². The number of nitrogens with two attached hydrogens (primary N) is 1. The van der Waals surface area contributed by atoms with Crippen molar-refractivity contribution in [3.05, 3.63) is 41.0 Å². The molecule has 0 fully saturated rings. The van der Waals surface area contributed by atoms with Gasteiger partial charge in [-0.1, -0.05) is 17.7 Å².